The van der Waals surface area contributed by atoms with Gasteiger partial charge in [0.1, 0.15) is 5.82 Å². The van der Waals surface area contributed by atoms with Crippen LogP contribution < -0.4 is 5.32 Å². The van der Waals surface area contributed by atoms with Crippen molar-refractivity contribution in [2.45, 2.75) is 37.5 Å². The number of hydrogen-bond acceptors (Lipinski definition) is 5. The number of benzene rings is 1. The lowest BCUT2D eigenvalue weighted by Gasteiger charge is -2.37. The molecule has 2 heterocycles. The predicted octanol–water partition coefficient (Wildman–Crippen LogP) is 3.69. The summed E-state index contributed by atoms with van der Waals surface area (Å²) in [6.45, 7) is 0.000876. The first-order valence-electron chi connectivity index (χ1n) is 9.15. The third kappa shape index (κ3) is 3.80. The molecule has 4 rings (SSSR count). The van der Waals surface area contributed by atoms with E-state index >= 15 is 0 Å². The second-order valence-corrected chi connectivity index (χ2v) is 7.29. The van der Waals surface area contributed by atoms with Crippen LogP contribution in [0.15, 0.2) is 42.5 Å². The summed E-state index contributed by atoms with van der Waals surface area (Å²) in [5.41, 5.74) is -0.0126. The third-order valence-electron chi connectivity index (χ3n) is 5.18. The summed E-state index contributed by atoms with van der Waals surface area (Å²) >= 11 is 0. The second kappa shape index (κ2) is 7.05. The Labute approximate surface area is 159 Å². The van der Waals surface area contributed by atoms with Gasteiger partial charge in [0.2, 0.25) is 0 Å². The summed E-state index contributed by atoms with van der Waals surface area (Å²) in [6.07, 6.45) is -3.83. The maximum atomic E-state index is 13.0. The van der Waals surface area contributed by atoms with Gasteiger partial charge in [-0.3, -0.25) is 0 Å². The number of fused-ring (bicyclic) bond motifs is 1. The second-order valence-electron chi connectivity index (χ2n) is 7.29. The van der Waals surface area contributed by atoms with Gasteiger partial charge in [0, 0.05) is 12.1 Å². The van der Waals surface area contributed by atoms with Crippen molar-refractivity contribution < 1.29 is 18.3 Å². The quantitative estimate of drug-likeness (QED) is 0.710. The van der Waals surface area contributed by atoms with Gasteiger partial charge in [-0.1, -0.05) is 30.3 Å². The smallest absolute Gasteiger partial charge is 0.388 e. The summed E-state index contributed by atoms with van der Waals surface area (Å²) in [5, 5.41) is 26.3. The molecule has 0 radical (unpaired) electrons. The third-order valence-corrected chi connectivity index (χ3v) is 5.18. The summed E-state index contributed by atoms with van der Waals surface area (Å²) in [6, 6.07) is 12.8. The zero-order chi connectivity index (χ0) is 19.8. The van der Waals surface area contributed by atoms with Crippen LogP contribution in [0.5, 0.6) is 0 Å². The molecule has 2 atom stereocenters. The number of nitrogens with one attached hydrogen (secondary N) is 1. The van der Waals surface area contributed by atoms with Crippen LogP contribution >= 0.6 is 0 Å². The molecule has 2 N–H and O–H groups in total. The van der Waals surface area contributed by atoms with E-state index in [9.17, 15) is 18.3 Å². The van der Waals surface area contributed by atoms with Crippen LogP contribution in [0.1, 0.15) is 25.7 Å². The van der Waals surface area contributed by atoms with Crippen molar-refractivity contribution in [1.82, 2.24) is 19.8 Å². The van der Waals surface area contributed by atoms with E-state index in [0.29, 0.717) is 30.1 Å². The number of rotatable bonds is 4. The number of aliphatic hydroxyl groups is 1. The number of nitrogens with zero attached hydrogens (tertiary/aromatic N) is 4. The van der Waals surface area contributed by atoms with Crippen LogP contribution in [-0.4, -0.2) is 43.2 Å². The van der Waals surface area contributed by atoms with E-state index < -0.39 is 17.7 Å². The zero-order valence-corrected chi connectivity index (χ0v) is 15.0. The fourth-order valence-corrected chi connectivity index (χ4v) is 3.69. The summed E-state index contributed by atoms with van der Waals surface area (Å²) in [7, 11) is 0. The summed E-state index contributed by atoms with van der Waals surface area (Å²) < 4.78 is 40.7. The van der Waals surface area contributed by atoms with Crippen molar-refractivity contribution in [3.8, 4) is 11.4 Å². The monoisotopic (exact) mass is 391 g/mol. The normalized spacial score (nSPS) is 23.1. The lowest BCUT2D eigenvalue weighted by atomic mass is 9.77. The lowest BCUT2D eigenvalue weighted by molar-refractivity contribution is -0.199. The van der Waals surface area contributed by atoms with Gasteiger partial charge >= 0.3 is 6.18 Å². The minimum Gasteiger partial charge on any atom is -0.388 e. The first-order valence-corrected chi connectivity index (χ1v) is 9.15. The topological polar surface area (TPSA) is 75.3 Å². The molecule has 1 fully saturated rings. The van der Waals surface area contributed by atoms with Crippen LogP contribution in [0, 0.1) is 5.92 Å². The average Bonchev–Trinajstić information content (AvgIpc) is 3.10. The van der Waals surface area contributed by atoms with Gasteiger partial charge < -0.3 is 10.4 Å². The highest BCUT2D eigenvalue weighted by molar-refractivity contribution is 5.59. The molecule has 148 valence electrons. The van der Waals surface area contributed by atoms with E-state index in [2.05, 4.69) is 20.6 Å². The number of anilines is 1. The van der Waals surface area contributed by atoms with E-state index in [1.165, 1.54) is 0 Å². The zero-order valence-electron chi connectivity index (χ0n) is 15.0. The van der Waals surface area contributed by atoms with Crippen LogP contribution in [0.2, 0.25) is 0 Å². The first kappa shape index (κ1) is 18.7. The molecule has 1 saturated carbocycles. The Morgan fingerprint density at radius 3 is 2.68 bits per heavy atom. The van der Waals surface area contributed by atoms with Crippen LogP contribution in [0.25, 0.3) is 17.0 Å². The van der Waals surface area contributed by atoms with Gasteiger partial charge in [0.15, 0.2) is 11.5 Å². The molecule has 0 bridgehead atoms. The highest BCUT2D eigenvalue weighted by Gasteiger charge is 2.46. The van der Waals surface area contributed by atoms with Crippen molar-refractivity contribution in [1.29, 1.82) is 0 Å². The Kier molecular flexibility index (Phi) is 4.70. The first-order chi connectivity index (χ1) is 13.3. The minimum atomic E-state index is -4.28. The number of halogens is 3. The van der Waals surface area contributed by atoms with Crippen molar-refractivity contribution >= 4 is 11.5 Å². The molecular weight excluding hydrogens is 371 g/mol. The molecule has 2 aromatic heterocycles. The van der Waals surface area contributed by atoms with Crippen LogP contribution in [0.4, 0.5) is 19.0 Å². The van der Waals surface area contributed by atoms with Gasteiger partial charge in [-0.25, -0.2) is 0 Å². The standard InChI is InChI=1S/C19H20F3N5O/c20-19(21,22)14-7-4-10-18(28,11-14)12-23-15-8-9-16-24-25-17(27(16)26-15)13-5-2-1-3-6-13/h1-3,5-6,8-9,14,28H,4,7,10-12H2,(H,23,26). The molecule has 0 aliphatic heterocycles. The van der Waals surface area contributed by atoms with Crippen LogP contribution in [-0.2, 0) is 0 Å². The number of alkyl halides is 3. The Morgan fingerprint density at radius 1 is 1.14 bits per heavy atom. The molecule has 3 aromatic rings. The highest BCUT2D eigenvalue weighted by atomic mass is 19.4. The average molecular weight is 391 g/mol. The SMILES string of the molecule is OC1(CNc2ccc3nnc(-c4ccccc4)n3n2)CCCC(C(F)(F)F)C1. The summed E-state index contributed by atoms with van der Waals surface area (Å²) in [4.78, 5) is 0. The van der Waals surface area contributed by atoms with Gasteiger partial charge in [0.05, 0.1) is 11.5 Å². The molecule has 2 unspecified atom stereocenters. The Hall–Kier alpha value is -2.68. The van der Waals surface area contributed by atoms with Gasteiger partial charge in [-0.2, -0.15) is 17.7 Å². The van der Waals surface area contributed by atoms with Crippen molar-refractivity contribution in [2.24, 2.45) is 5.92 Å². The van der Waals surface area contributed by atoms with Crippen molar-refractivity contribution in [3.63, 3.8) is 0 Å². The molecule has 1 aliphatic carbocycles. The highest BCUT2D eigenvalue weighted by Crippen LogP contribution is 2.41. The Morgan fingerprint density at radius 2 is 1.93 bits per heavy atom. The molecule has 0 amide bonds. The molecule has 1 aromatic carbocycles. The van der Waals surface area contributed by atoms with Gasteiger partial charge in [0.25, 0.3) is 0 Å². The van der Waals surface area contributed by atoms with E-state index in [0.717, 1.165) is 5.56 Å². The number of aromatic nitrogens is 4. The fraction of sp³-hybridized carbons (Fsp3) is 0.421. The van der Waals surface area contributed by atoms with E-state index in [-0.39, 0.29) is 19.4 Å². The lowest BCUT2D eigenvalue weighted by Crippen LogP contribution is -2.45. The number of hydrogen-bond donors (Lipinski definition) is 2. The molecule has 28 heavy (non-hydrogen) atoms. The molecule has 0 spiro atoms. The van der Waals surface area contributed by atoms with Crippen LogP contribution in [0.3, 0.4) is 0 Å². The largest absolute Gasteiger partial charge is 0.391 e. The molecule has 9 heteroatoms. The predicted molar refractivity (Wildman–Crippen MR) is 97.7 cm³/mol. The van der Waals surface area contributed by atoms with Crippen molar-refractivity contribution in [3.05, 3.63) is 42.5 Å². The minimum absolute atomic E-state index is 0.000876. The molecular formula is C19H20F3N5O. The van der Waals surface area contributed by atoms with Crippen molar-refractivity contribution in [2.75, 3.05) is 11.9 Å². The molecule has 0 saturated heterocycles. The van der Waals surface area contributed by atoms with E-state index in [1.54, 1.807) is 16.6 Å². The van der Waals surface area contributed by atoms with Gasteiger partial charge in [-0.05, 0) is 37.8 Å². The van der Waals surface area contributed by atoms with Gasteiger partial charge in [-0.15, -0.1) is 15.3 Å². The fourth-order valence-electron chi connectivity index (χ4n) is 3.69. The maximum absolute atomic E-state index is 13.0. The van der Waals surface area contributed by atoms with E-state index in [1.807, 2.05) is 30.3 Å². The van der Waals surface area contributed by atoms with E-state index in [4.69, 9.17) is 0 Å². The Balaban J connectivity index is 1.52. The molecule has 1 aliphatic rings. The summed E-state index contributed by atoms with van der Waals surface area (Å²) in [5.74, 6) is -0.467. The maximum Gasteiger partial charge on any atom is 0.391 e. The Bertz CT molecular complexity index is 959. The molecule has 6 nitrogen and oxygen atoms in total.